The van der Waals surface area contributed by atoms with Crippen LogP contribution in [-0.4, -0.2) is 49.4 Å². The number of nitrogens with zero attached hydrogens (tertiary/aromatic N) is 1. The van der Waals surface area contributed by atoms with Gasteiger partial charge in [-0.3, -0.25) is 14.4 Å². The Hall–Kier alpha value is -3.54. The predicted molar refractivity (Wildman–Crippen MR) is 121 cm³/mol. The SMILES string of the molecule is COC(=O)CC(c1ccc(OC(F)F)c(OC(F)F)c1)N1C=C2C(NC(=O)C3CC3)=CC(=O)C(Cl)=C2C1. The van der Waals surface area contributed by atoms with Crippen LogP contribution in [0, 0.1) is 5.92 Å². The normalized spacial score (nSPS) is 17.9. The van der Waals surface area contributed by atoms with Gasteiger partial charge in [0.2, 0.25) is 5.91 Å². The third-order valence-corrected chi connectivity index (χ3v) is 6.40. The van der Waals surface area contributed by atoms with Crippen molar-refractivity contribution < 1.29 is 46.2 Å². The lowest BCUT2D eigenvalue weighted by molar-refractivity contribution is -0.141. The number of rotatable bonds is 10. The molecule has 1 aromatic rings. The first kappa shape index (κ1) is 26.5. The van der Waals surface area contributed by atoms with Crippen LogP contribution in [-0.2, 0) is 19.1 Å². The number of hydrogen-bond donors (Lipinski definition) is 1. The molecule has 0 saturated heterocycles. The molecule has 1 aliphatic heterocycles. The van der Waals surface area contributed by atoms with Gasteiger partial charge in [0, 0.05) is 35.9 Å². The fraction of sp³-hybridized carbons (Fsp3) is 0.375. The fourth-order valence-electron chi connectivity index (χ4n) is 4.06. The van der Waals surface area contributed by atoms with Gasteiger partial charge in [-0.15, -0.1) is 0 Å². The second kappa shape index (κ2) is 10.8. The zero-order valence-electron chi connectivity index (χ0n) is 19.3. The molecule has 1 saturated carbocycles. The van der Waals surface area contributed by atoms with Gasteiger partial charge in [-0.25, -0.2) is 0 Å². The van der Waals surface area contributed by atoms with Gasteiger partial charge in [-0.2, -0.15) is 17.6 Å². The number of halogens is 5. The van der Waals surface area contributed by atoms with Crippen LogP contribution < -0.4 is 14.8 Å². The van der Waals surface area contributed by atoms with Crippen molar-refractivity contribution in [3.8, 4) is 11.5 Å². The highest BCUT2D eigenvalue weighted by molar-refractivity contribution is 6.45. The lowest BCUT2D eigenvalue weighted by Gasteiger charge is -2.28. The van der Waals surface area contributed by atoms with Crippen LogP contribution in [0.25, 0.3) is 0 Å². The third-order valence-electron chi connectivity index (χ3n) is 5.99. The number of benzene rings is 1. The van der Waals surface area contributed by atoms with E-state index < -0.39 is 42.5 Å². The number of methoxy groups -OCH3 is 1. The van der Waals surface area contributed by atoms with E-state index in [1.807, 2.05) is 0 Å². The number of ether oxygens (including phenoxy) is 3. The van der Waals surface area contributed by atoms with Crippen molar-refractivity contribution in [1.29, 1.82) is 0 Å². The van der Waals surface area contributed by atoms with Gasteiger partial charge in [0.1, 0.15) is 0 Å². The maximum Gasteiger partial charge on any atom is 0.387 e. The summed E-state index contributed by atoms with van der Waals surface area (Å²) < 4.78 is 64.9. The molecule has 1 unspecified atom stereocenters. The van der Waals surface area contributed by atoms with E-state index in [4.69, 9.17) is 16.3 Å². The predicted octanol–water partition coefficient (Wildman–Crippen LogP) is 4.18. The van der Waals surface area contributed by atoms with Crippen LogP contribution in [0.15, 0.2) is 52.4 Å². The van der Waals surface area contributed by atoms with Crippen molar-refractivity contribution in [2.75, 3.05) is 13.7 Å². The monoisotopic (exact) mass is 544 g/mol. The summed E-state index contributed by atoms with van der Waals surface area (Å²) in [5.41, 5.74) is 1.34. The third kappa shape index (κ3) is 6.07. The Balaban J connectivity index is 1.71. The fourth-order valence-corrected chi connectivity index (χ4v) is 4.28. The molecule has 4 rings (SSSR count). The molecule has 37 heavy (non-hydrogen) atoms. The van der Waals surface area contributed by atoms with E-state index >= 15 is 0 Å². The van der Waals surface area contributed by atoms with Crippen LogP contribution in [0.1, 0.15) is 30.9 Å². The van der Waals surface area contributed by atoms with Gasteiger partial charge in [-0.05, 0) is 30.5 Å². The molecule has 0 radical (unpaired) electrons. The molecule has 3 aliphatic rings. The summed E-state index contributed by atoms with van der Waals surface area (Å²) >= 11 is 6.27. The van der Waals surface area contributed by atoms with Gasteiger partial charge in [0.25, 0.3) is 0 Å². The number of alkyl halides is 4. The first-order valence-electron chi connectivity index (χ1n) is 11.1. The van der Waals surface area contributed by atoms with Crippen molar-refractivity contribution in [2.45, 2.75) is 38.5 Å². The summed E-state index contributed by atoms with van der Waals surface area (Å²) in [6, 6.07) is 2.52. The molecule has 8 nitrogen and oxygen atoms in total. The molecule has 2 aliphatic carbocycles. The van der Waals surface area contributed by atoms with E-state index in [0.717, 1.165) is 25.0 Å². The molecule has 0 bridgehead atoms. The van der Waals surface area contributed by atoms with Gasteiger partial charge >= 0.3 is 19.2 Å². The van der Waals surface area contributed by atoms with E-state index in [1.165, 1.54) is 19.3 Å². The molecule has 1 atom stereocenters. The Labute approximate surface area is 213 Å². The van der Waals surface area contributed by atoms with Crippen LogP contribution in [0.5, 0.6) is 11.5 Å². The van der Waals surface area contributed by atoms with Gasteiger partial charge in [0.15, 0.2) is 17.3 Å². The maximum atomic E-state index is 13.0. The first-order chi connectivity index (χ1) is 17.6. The topological polar surface area (TPSA) is 94.2 Å². The summed E-state index contributed by atoms with van der Waals surface area (Å²) in [6.45, 7) is -6.59. The highest BCUT2D eigenvalue weighted by atomic mass is 35.5. The molecule has 1 amide bonds. The van der Waals surface area contributed by atoms with Crippen LogP contribution in [0.4, 0.5) is 17.6 Å². The Morgan fingerprint density at radius 1 is 1.14 bits per heavy atom. The number of nitrogens with one attached hydrogen (secondary N) is 1. The Kier molecular flexibility index (Phi) is 7.76. The number of fused-ring (bicyclic) bond motifs is 1. The van der Waals surface area contributed by atoms with E-state index in [2.05, 4.69) is 14.8 Å². The second-order valence-corrected chi connectivity index (χ2v) is 8.83. The molecule has 0 spiro atoms. The van der Waals surface area contributed by atoms with Gasteiger partial charge in [0.05, 0.1) is 30.3 Å². The maximum absolute atomic E-state index is 13.0. The van der Waals surface area contributed by atoms with Crippen molar-refractivity contribution >= 4 is 29.3 Å². The van der Waals surface area contributed by atoms with Crippen molar-refractivity contribution in [3.05, 3.63) is 57.9 Å². The van der Waals surface area contributed by atoms with Crippen molar-refractivity contribution in [1.82, 2.24) is 10.2 Å². The highest BCUT2D eigenvalue weighted by Gasteiger charge is 2.37. The molecular formula is C24H21ClF4N2O6. The minimum atomic E-state index is -3.33. The van der Waals surface area contributed by atoms with E-state index in [9.17, 15) is 31.9 Å². The number of carbonyl (C=O) groups excluding carboxylic acids is 3. The number of esters is 1. The molecule has 198 valence electrons. The van der Waals surface area contributed by atoms with Crippen LogP contribution >= 0.6 is 11.6 Å². The molecule has 1 fully saturated rings. The highest BCUT2D eigenvalue weighted by Crippen LogP contribution is 2.42. The lowest BCUT2D eigenvalue weighted by atomic mass is 9.97. The summed E-state index contributed by atoms with van der Waals surface area (Å²) in [7, 11) is 1.17. The lowest BCUT2D eigenvalue weighted by Crippen LogP contribution is -2.28. The largest absolute Gasteiger partial charge is 0.469 e. The van der Waals surface area contributed by atoms with E-state index in [0.29, 0.717) is 11.1 Å². The minimum Gasteiger partial charge on any atom is -0.469 e. The first-order valence-corrected chi connectivity index (χ1v) is 11.5. The quantitative estimate of drug-likeness (QED) is 0.349. The van der Waals surface area contributed by atoms with Gasteiger partial charge < -0.3 is 24.4 Å². The summed E-state index contributed by atoms with van der Waals surface area (Å²) in [5, 5.41) is 2.67. The van der Waals surface area contributed by atoms with Crippen LogP contribution in [0.2, 0.25) is 0 Å². The molecule has 0 aromatic heterocycles. The Morgan fingerprint density at radius 2 is 1.81 bits per heavy atom. The smallest absolute Gasteiger partial charge is 0.387 e. The van der Waals surface area contributed by atoms with Crippen molar-refractivity contribution in [2.24, 2.45) is 5.92 Å². The Bertz CT molecular complexity index is 1210. The molecular weight excluding hydrogens is 524 g/mol. The molecule has 1 aromatic carbocycles. The summed E-state index contributed by atoms with van der Waals surface area (Å²) in [5.74, 6) is -2.80. The number of ketones is 1. The Morgan fingerprint density at radius 3 is 2.43 bits per heavy atom. The standard InChI is InChI=1S/C24H21ClF4N2O6/c1-35-20(33)8-16(12-4-5-18(36-23(26)27)19(6-12)37-24(28)29)31-9-13-14(10-31)21(25)17(32)7-15(13)30-22(34)11-2-3-11/h4-7,9,11,16,23-24H,2-3,8,10H2,1H3,(H,30,34). The molecule has 13 heteroatoms. The van der Waals surface area contributed by atoms with Crippen LogP contribution in [0.3, 0.4) is 0 Å². The minimum absolute atomic E-state index is 0.0263. The zero-order chi connectivity index (χ0) is 26.9. The van der Waals surface area contributed by atoms with Crippen molar-refractivity contribution in [3.63, 3.8) is 0 Å². The van der Waals surface area contributed by atoms with E-state index in [-0.39, 0.29) is 41.1 Å². The molecule has 1 N–H and O–H groups in total. The number of hydrogen-bond acceptors (Lipinski definition) is 7. The van der Waals surface area contributed by atoms with Gasteiger partial charge in [-0.1, -0.05) is 17.7 Å². The summed E-state index contributed by atoms with van der Waals surface area (Å²) in [4.78, 5) is 38.7. The average molecular weight is 545 g/mol. The molecule has 1 heterocycles. The van der Waals surface area contributed by atoms with E-state index in [1.54, 1.807) is 11.1 Å². The number of allylic oxidation sites excluding steroid dienone is 3. The summed E-state index contributed by atoms with van der Waals surface area (Å²) in [6.07, 6.45) is 4.00. The number of amides is 1. The number of carbonyl (C=O) groups is 3. The second-order valence-electron chi connectivity index (χ2n) is 8.45. The zero-order valence-corrected chi connectivity index (χ0v) is 20.1. The average Bonchev–Trinajstić information content (AvgIpc) is 3.60.